The van der Waals surface area contributed by atoms with E-state index in [-0.39, 0.29) is 0 Å². The third-order valence-corrected chi connectivity index (χ3v) is 9.51. The molecule has 3 aromatic carbocycles. The molecular weight excluding hydrogens is 402 g/mol. The van der Waals surface area contributed by atoms with Crippen molar-refractivity contribution in [3.63, 3.8) is 0 Å². The van der Waals surface area contributed by atoms with Crippen LogP contribution in [0, 0.1) is 35.1 Å². The van der Waals surface area contributed by atoms with Crippen LogP contribution >= 0.6 is 0 Å². The first-order valence-electron chi connectivity index (χ1n) is 11.2. The van der Waals surface area contributed by atoms with Crippen LogP contribution in [0.5, 0.6) is 0 Å². The molecule has 0 amide bonds. The standard InChI is InChI=1S/C30H25NSi/c1-4-29-23-13-5-8-16-26(23)30(27-17-9-6-14-24(27)29,28-18-10-7-15-25(28)29)19-22-32(2,3)21-12-11-20-31/h1,5-10,13-18H,11-12,21H2,2-3H3. The molecule has 0 saturated carbocycles. The Bertz CT molecular complexity index is 1250. The zero-order valence-corrected chi connectivity index (χ0v) is 19.6. The van der Waals surface area contributed by atoms with Gasteiger partial charge in [-0.2, -0.15) is 5.26 Å². The summed E-state index contributed by atoms with van der Waals surface area (Å²) in [6.45, 7) is 4.63. The Hall–Kier alpha value is -3.51. The molecule has 3 aliphatic carbocycles. The van der Waals surface area contributed by atoms with Gasteiger partial charge in [-0.3, -0.25) is 0 Å². The second-order valence-electron chi connectivity index (χ2n) is 9.43. The lowest BCUT2D eigenvalue weighted by molar-refractivity contribution is 0.606. The van der Waals surface area contributed by atoms with Crippen LogP contribution in [0.2, 0.25) is 19.1 Å². The molecule has 0 aliphatic heterocycles. The van der Waals surface area contributed by atoms with E-state index in [0.29, 0.717) is 6.42 Å². The lowest BCUT2D eigenvalue weighted by Crippen LogP contribution is -2.49. The van der Waals surface area contributed by atoms with E-state index in [0.717, 1.165) is 12.5 Å². The Kier molecular flexibility index (Phi) is 4.64. The number of nitrogens with zero attached hydrogens (tertiary/aromatic N) is 1. The fourth-order valence-corrected chi connectivity index (χ4v) is 7.36. The zero-order valence-electron chi connectivity index (χ0n) is 18.6. The third kappa shape index (κ3) is 2.59. The fraction of sp³-hybridized carbons (Fsp3) is 0.233. The predicted octanol–water partition coefficient (Wildman–Crippen LogP) is 6.17. The Balaban J connectivity index is 1.85. The summed E-state index contributed by atoms with van der Waals surface area (Å²) >= 11 is 0. The minimum atomic E-state index is -1.81. The van der Waals surface area contributed by atoms with Gasteiger partial charge < -0.3 is 0 Å². The average molecular weight is 428 g/mol. The predicted molar refractivity (Wildman–Crippen MR) is 133 cm³/mol. The fourth-order valence-electron chi connectivity index (χ4n) is 5.65. The quantitative estimate of drug-likeness (QED) is 0.279. The normalized spacial score (nSPS) is 21.8. The Morgan fingerprint density at radius 3 is 1.53 bits per heavy atom. The van der Waals surface area contributed by atoms with Crippen molar-refractivity contribution in [3.05, 3.63) is 106 Å². The van der Waals surface area contributed by atoms with Gasteiger partial charge in [0.1, 0.15) is 18.9 Å². The number of unbranched alkanes of at least 4 members (excludes halogenated alkanes) is 1. The van der Waals surface area contributed by atoms with Crippen molar-refractivity contribution in [2.45, 2.75) is 42.8 Å². The molecule has 0 spiro atoms. The Labute approximate surface area is 192 Å². The summed E-state index contributed by atoms with van der Waals surface area (Å²) in [6.07, 6.45) is 7.88. The lowest BCUT2D eigenvalue weighted by atomic mass is 9.47. The number of rotatable bonds is 3. The Morgan fingerprint density at radius 2 is 1.16 bits per heavy atom. The molecule has 6 rings (SSSR count). The van der Waals surface area contributed by atoms with Crippen molar-refractivity contribution in [2.75, 3.05) is 0 Å². The van der Waals surface area contributed by atoms with Gasteiger partial charge in [-0.15, -0.1) is 12.0 Å². The lowest BCUT2D eigenvalue weighted by Gasteiger charge is -2.52. The SMILES string of the molecule is C#CC12c3ccccc3C(C#C[Si](C)(C)CCCC#N)(c3ccccc31)c1ccccc12. The molecule has 0 aromatic heterocycles. The first-order chi connectivity index (χ1) is 15.5. The molecule has 2 bridgehead atoms. The van der Waals surface area contributed by atoms with Crippen LogP contribution in [0.15, 0.2) is 72.8 Å². The van der Waals surface area contributed by atoms with E-state index in [1.807, 2.05) is 0 Å². The van der Waals surface area contributed by atoms with E-state index >= 15 is 0 Å². The van der Waals surface area contributed by atoms with Crippen molar-refractivity contribution < 1.29 is 0 Å². The number of benzene rings is 3. The summed E-state index contributed by atoms with van der Waals surface area (Å²) in [5.41, 5.74) is 9.84. The highest BCUT2D eigenvalue weighted by Crippen LogP contribution is 2.61. The van der Waals surface area contributed by atoms with Gasteiger partial charge in [0.25, 0.3) is 0 Å². The van der Waals surface area contributed by atoms with Crippen LogP contribution in [0.25, 0.3) is 0 Å². The van der Waals surface area contributed by atoms with Crippen LogP contribution in [-0.4, -0.2) is 8.07 Å². The van der Waals surface area contributed by atoms with Gasteiger partial charge in [-0.1, -0.05) is 97.7 Å². The molecule has 32 heavy (non-hydrogen) atoms. The monoisotopic (exact) mass is 427 g/mol. The van der Waals surface area contributed by atoms with E-state index in [2.05, 4.69) is 109 Å². The highest BCUT2D eigenvalue weighted by Gasteiger charge is 2.57. The topological polar surface area (TPSA) is 23.8 Å². The van der Waals surface area contributed by atoms with E-state index in [1.54, 1.807) is 0 Å². The molecule has 0 heterocycles. The molecule has 0 unspecified atom stereocenters. The second kappa shape index (κ2) is 7.27. The Morgan fingerprint density at radius 1 is 0.750 bits per heavy atom. The maximum absolute atomic E-state index is 8.97. The third-order valence-electron chi connectivity index (χ3n) is 7.10. The molecule has 0 atom stereocenters. The maximum Gasteiger partial charge on any atom is 0.132 e. The summed E-state index contributed by atoms with van der Waals surface area (Å²) in [5.74, 6) is 7.09. The second-order valence-corrected chi connectivity index (χ2v) is 13.9. The number of hydrogen-bond donors (Lipinski definition) is 0. The molecule has 0 fully saturated rings. The summed E-state index contributed by atoms with van der Waals surface area (Å²) in [5, 5.41) is 8.97. The summed E-state index contributed by atoms with van der Waals surface area (Å²) in [4.78, 5) is 0. The smallest absolute Gasteiger partial charge is 0.132 e. The summed E-state index contributed by atoms with van der Waals surface area (Å²) in [7, 11) is -1.81. The van der Waals surface area contributed by atoms with Crippen LogP contribution in [0.3, 0.4) is 0 Å². The molecule has 2 heteroatoms. The number of nitriles is 1. The van der Waals surface area contributed by atoms with Gasteiger partial charge in [0.15, 0.2) is 0 Å². The van der Waals surface area contributed by atoms with E-state index in [4.69, 9.17) is 11.7 Å². The van der Waals surface area contributed by atoms with Crippen LogP contribution < -0.4 is 0 Å². The molecule has 3 aromatic rings. The van der Waals surface area contributed by atoms with E-state index in [1.165, 1.54) is 33.4 Å². The van der Waals surface area contributed by atoms with Crippen LogP contribution in [0.4, 0.5) is 0 Å². The van der Waals surface area contributed by atoms with Crippen molar-refractivity contribution >= 4 is 8.07 Å². The average Bonchev–Trinajstić information content (AvgIpc) is 2.83. The van der Waals surface area contributed by atoms with Crippen molar-refractivity contribution in [1.82, 2.24) is 0 Å². The minimum absolute atomic E-state index is 0.526. The first-order valence-corrected chi connectivity index (χ1v) is 14.4. The van der Waals surface area contributed by atoms with E-state index < -0.39 is 18.9 Å². The van der Waals surface area contributed by atoms with Gasteiger partial charge >= 0.3 is 0 Å². The number of terminal acetylenes is 1. The highest BCUT2D eigenvalue weighted by molar-refractivity contribution is 6.85. The molecule has 0 radical (unpaired) electrons. The summed E-state index contributed by atoms with van der Waals surface area (Å²) < 4.78 is 0. The molecule has 3 aliphatic rings. The van der Waals surface area contributed by atoms with Crippen molar-refractivity contribution in [3.8, 4) is 29.9 Å². The molecule has 0 N–H and O–H groups in total. The summed E-state index contributed by atoms with van der Waals surface area (Å²) in [6, 6.07) is 29.1. The molecule has 154 valence electrons. The van der Waals surface area contributed by atoms with Crippen molar-refractivity contribution in [2.24, 2.45) is 0 Å². The minimum Gasteiger partial charge on any atom is -0.198 e. The van der Waals surface area contributed by atoms with Gasteiger partial charge in [-0.05, 0) is 45.8 Å². The van der Waals surface area contributed by atoms with Gasteiger partial charge in [-0.25, -0.2) is 0 Å². The van der Waals surface area contributed by atoms with Crippen LogP contribution in [-0.2, 0) is 10.8 Å². The zero-order chi connectivity index (χ0) is 22.4. The largest absolute Gasteiger partial charge is 0.198 e. The molecular formula is C30H25NSi. The van der Waals surface area contributed by atoms with Gasteiger partial charge in [0, 0.05) is 6.42 Å². The van der Waals surface area contributed by atoms with Gasteiger partial charge in [0.05, 0.1) is 6.07 Å². The van der Waals surface area contributed by atoms with Crippen LogP contribution in [0.1, 0.15) is 46.2 Å². The maximum atomic E-state index is 8.97. The molecule has 1 nitrogen and oxygen atoms in total. The highest BCUT2D eigenvalue weighted by atomic mass is 28.3. The first kappa shape index (κ1) is 20.4. The van der Waals surface area contributed by atoms with Crippen molar-refractivity contribution in [1.29, 1.82) is 5.26 Å². The molecule has 0 saturated heterocycles. The number of hydrogen-bond acceptors (Lipinski definition) is 1. The van der Waals surface area contributed by atoms with Gasteiger partial charge in [0.2, 0.25) is 0 Å². The van der Waals surface area contributed by atoms with E-state index in [9.17, 15) is 0 Å².